The number of anilines is 2. The lowest BCUT2D eigenvalue weighted by atomic mass is 10.2. The van der Waals surface area contributed by atoms with E-state index in [1.165, 1.54) is 6.07 Å². The van der Waals surface area contributed by atoms with Gasteiger partial charge in [-0.2, -0.15) is 0 Å². The summed E-state index contributed by atoms with van der Waals surface area (Å²) in [6.45, 7) is 0. The number of aromatic nitrogens is 3. The second kappa shape index (κ2) is 6.21. The maximum Gasteiger partial charge on any atom is 0.181 e. The van der Waals surface area contributed by atoms with E-state index in [0.717, 1.165) is 0 Å². The summed E-state index contributed by atoms with van der Waals surface area (Å²) in [5.74, 6) is -2.95. The van der Waals surface area contributed by atoms with Gasteiger partial charge in [0.05, 0.1) is 0 Å². The van der Waals surface area contributed by atoms with Crippen LogP contribution in [0.4, 0.5) is 24.7 Å². The zero-order valence-electron chi connectivity index (χ0n) is 11.4. The Morgan fingerprint density at radius 2 is 1.70 bits per heavy atom. The van der Waals surface area contributed by atoms with Gasteiger partial charge in [0.2, 0.25) is 0 Å². The molecule has 0 aliphatic heterocycles. The third kappa shape index (κ3) is 3.40. The van der Waals surface area contributed by atoms with Gasteiger partial charge < -0.3 is 5.32 Å². The van der Waals surface area contributed by atoms with E-state index >= 15 is 0 Å². The van der Waals surface area contributed by atoms with Gasteiger partial charge in [0, 0.05) is 24.4 Å². The van der Waals surface area contributed by atoms with E-state index in [1.54, 1.807) is 24.4 Å². The number of hydrogen-bond acceptors (Lipinski definition) is 4. The Bertz CT molecular complexity index is 836. The Kier molecular flexibility index (Phi) is 4.12. The van der Waals surface area contributed by atoms with Gasteiger partial charge in [-0.1, -0.05) is 17.7 Å². The lowest BCUT2D eigenvalue weighted by molar-refractivity contribution is 0.549. The first-order valence-electron chi connectivity index (χ1n) is 6.40. The van der Waals surface area contributed by atoms with Gasteiger partial charge in [-0.05, 0) is 12.1 Å². The number of rotatable bonds is 3. The molecule has 2 heterocycles. The zero-order chi connectivity index (χ0) is 16.4. The van der Waals surface area contributed by atoms with Crippen molar-refractivity contribution in [1.82, 2.24) is 15.0 Å². The number of halogens is 4. The first kappa shape index (κ1) is 15.2. The maximum absolute atomic E-state index is 13.7. The second-order valence-electron chi connectivity index (χ2n) is 4.48. The van der Waals surface area contributed by atoms with Crippen molar-refractivity contribution in [3.8, 4) is 11.5 Å². The molecule has 0 aliphatic carbocycles. The topological polar surface area (TPSA) is 50.7 Å². The summed E-state index contributed by atoms with van der Waals surface area (Å²) in [6.07, 6.45) is 1.55. The highest BCUT2D eigenvalue weighted by atomic mass is 35.5. The van der Waals surface area contributed by atoms with Gasteiger partial charge >= 0.3 is 0 Å². The molecule has 0 spiro atoms. The molecule has 4 nitrogen and oxygen atoms in total. The van der Waals surface area contributed by atoms with Crippen LogP contribution < -0.4 is 5.32 Å². The minimum atomic E-state index is -1.09. The molecule has 8 heteroatoms. The van der Waals surface area contributed by atoms with Gasteiger partial charge in [-0.15, -0.1) is 0 Å². The molecule has 0 atom stereocenters. The molecule has 0 bridgehead atoms. The van der Waals surface area contributed by atoms with E-state index in [9.17, 15) is 13.2 Å². The van der Waals surface area contributed by atoms with E-state index in [4.69, 9.17) is 11.6 Å². The fourth-order valence-corrected chi connectivity index (χ4v) is 2.06. The van der Waals surface area contributed by atoms with E-state index in [0.29, 0.717) is 17.8 Å². The Balaban J connectivity index is 2.00. The van der Waals surface area contributed by atoms with Gasteiger partial charge in [0.1, 0.15) is 28.2 Å². The number of hydrogen-bond donors (Lipinski definition) is 1. The fraction of sp³-hybridized carbons (Fsp3) is 0. The van der Waals surface area contributed by atoms with E-state index in [2.05, 4.69) is 20.3 Å². The maximum atomic E-state index is 13.7. The summed E-state index contributed by atoms with van der Waals surface area (Å²) in [5, 5.41) is 2.50. The van der Waals surface area contributed by atoms with Gasteiger partial charge in [0.25, 0.3) is 0 Å². The smallest absolute Gasteiger partial charge is 0.181 e. The highest BCUT2D eigenvalue weighted by Crippen LogP contribution is 2.26. The van der Waals surface area contributed by atoms with Crippen molar-refractivity contribution in [2.24, 2.45) is 0 Å². The third-order valence-electron chi connectivity index (χ3n) is 2.85. The Labute approximate surface area is 134 Å². The lowest BCUT2D eigenvalue weighted by Gasteiger charge is -2.09. The van der Waals surface area contributed by atoms with Crippen LogP contribution in [-0.2, 0) is 0 Å². The van der Waals surface area contributed by atoms with Crippen molar-refractivity contribution in [3.05, 3.63) is 65.2 Å². The average molecular weight is 337 g/mol. The Morgan fingerprint density at radius 1 is 0.957 bits per heavy atom. The molecule has 0 saturated heterocycles. The second-order valence-corrected chi connectivity index (χ2v) is 4.87. The normalized spacial score (nSPS) is 10.6. The summed E-state index contributed by atoms with van der Waals surface area (Å²) in [5.41, 5.74) is -0.0914. The fourth-order valence-electron chi connectivity index (χ4n) is 1.88. The first-order valence-corrected chi connectivity index (χ1v) is 6.78. The average Bonchev–Trinajstić information content (AvgIpc) is 2.51. The Morgan fingerprint density at radius 3 is 2.35 bits per heavy atom. The molecule has 0 fully saturated rings. The summed E-state index contributed by atoms with van der Waals surface area (Å²) >= 11 is 5.90. The monoisotopic (exact) mass is 336 g/mol. The minimum absolute atomic E-state index is 0.0510. The highest BCUT2D eigenvalue weighted by Gasteiger charge is 2.14. The standard InChI is InChI=1S/C15H8ClF3N4/c16-12-7-13(22-14-9(18)5-8(17)6-10(14)19)23-15(21-12)11-3-1-2-4-20-11/h1-7H,(H,21,22,23). The summed E-state index contributed by atoms with van der Waals surface area (Å²) in [4.78, 5) is 12.2. The molecular formula is C15H8ClF3N4. The molecule has 3 aromatic rings. The zero-order valence-corrected chi connectivity index (χ0v) is 12.2. The molecule has 0 saturated carbocycles. The van der Waals surface area contributed by atoms with Gasteiger partial charge in [0.15, 0.2) is 17.5 Å². The predicted molar refractivity (Wildman–Crippen MR) is 79.9 cm³/mol. The molecule has 23 heavy (non-hydrogen) atoms. The summed E-state index contributed by atoms with van der Waals surface area (Å²) < 4.78 is 40.3. The molecular weight excluding hydrogens is 329 g/mol. The Hall–Kier alpha value is -2.67. The van der Waals surface area contributed by atoms with Crippen LogP contribution in [-0.4, -0.2) is 15.0 Å². The summed E-state index contributed by atoms with van der Waals surface area (Å²) in [6, 6.07) is 7.53. The molecule has 1 aromatic carbocycles. The molecule has 3 rings (SSSR count). The number of pyridine rings is 1. The van der Waals surface area contributed by atoms with Crippen molar-refractivity contribution < 1.29 is 13.2 Å². The largest absolute Gasteiger partial charge is 0.335 e. The van der Waals surface area contributed by atoms with E-state index < -0.39 is 23.1 Å². The SMILES string of the molecule is Fc1cc(F)c(Nc2cc(Cl)nc(-c3ccccn3)n2)c(F)c1. The molecule has 2 aromatic heterocycles. The van der Waals surface area contributed by atoms with Crippen molar-refractivity contribution in [2.45, 2.75) is 0 Å². The van der Waals surface area contributed by atoms with Crippen LogP contribution in [0.2, 0.25) is 5.15 Å². The van der Waals surface area contributed by atoms with Crippen molar-refractivity contribution in [1.29, 1.82) is 0 Å². The van der Waals surface area contributed by atoms with Gasteiger partial charge in [-0.3, -0.25) is 4.98 Å². The number of nitrogens with one attached hydrogen (secondary N) is 1. The molecule has 116 valence electrons. The van der Waals surface area contributed by atoms with Crippen molar-refractivity contribution in [3.63, 3.8) is 0 Å². The van der Waals surface area contributed by atoms with Crippen LogP contribution in [0.1, 0.15) is 0 Å². The molecule has 0 unspecified atom stereocenters. The van der Waals surface area contributed by atoms with E-state index in [-0.39, 0.29) is 16.8 Å². The highest BCUT2D eigenvalue weighted by molar-refractivity contribution is 6.29. The van der Waals surface area contributed by atoms with Crippen LogP contribution in [0.5, 0.6) is 0 Å². The number of nitrogens with zero attached hydrogens (tertiary/aromatic N) is 3. The van der Waals surface area contributed by atoms with Crippen molar-refractivity contribution in [2.75, 3.05) is 5.32 Å². The van der Waals surface area contributed by atoms with Crippen molar-refractivity contribution >= 4 is 23.1 Å². The predicted octanol–water partition coefficient (Wildman–Crippen LogP) is 4.35. The molecule has 0 aliphatic rings. The van der Waals surface area contributed by atoms with E-state index in [1.807, 2.05) is 0 Å². The van der Waals surface area contributed by atoms with Crippen LogP contribution >= 0.6 is 11.6 Å². The van der Waals surface area contributed by atoms with Gasteiger partial charge in [-0.25, -0.2) is 23.1 Å². The van der Waals surface area contributed by atoms with Crippen LogP contribution in [0.3, 0.4) is 0 Å². The quantitative estimate of drug-likeness (QED) is 0.722. The van der Waals surface area contributed by atoms with Crippen LogP contribution in [0.25, 0.3) is 11.5 Å². The summed E-state index contributed by atoms with van der Waals surface area (Å²) in [7, 11) is 0. The molecule has 0 radical (unpaired) electrons. The lowest BCUT2D eigenvalue weighted by Crippen LogP contribution is -2.02. The van der Waals surface area contributed by atoms with Crippen LogP contribution in [0, 0.1) is 17.5 Å². The van der Waals surface area contributed by atoms with Crippen LogP contribution in [0.15, 0.2) is 42.6 Å². The first-order chi connectivity index (χ1) is 11.0. The number of benzene rings is 1. The minimum Gasteiger partial charge on any atom is -0.335 e. The third-order valence-corrected chi connectivity index (χ3v) is 3.04. The molecule has 1 N–H and O–H groups in total. The molecule has 0 amide bonds.